The van der Waals surface area contributed by atoms with Crippen molar-refractivity contribution in [2.24, 2.45) is 0 Å². The van der Waals surface area contributed by atoms with Crippen molar-refractivity contribution in [2.45, 2.75) is 69.1 Å². The average Bonchev–Trinajstić information content (AvgIpc) is 3.42. The van der Waals surface area contributed by atoms with E-state index in [1.165, 1.54) is 6.92 Å². The Morgan fingerprint density at radius 3 is 1.98 bits per heavy atom. The van der Waals surface area contributed by atoms with Crippen molar-refractivity contribution in [3.63, 3.8) is 0 Å². The minimum atomic E-state index is -4.94. The number of aliphatic hydroxyl groups excluding tert-OH is 1. The van der Waals surface area contributed by atoms with Gasteiger partial charge in [0.2, 0.25) is 11.1 Å². The summed E-state index contributed by atoms with van der Waals surface area (Å²) in [5, 5.41) is 13.0. The van der Waals surface area contributed by atoms with Crippen LogP contribution in [0.2, 0.25) is 0 Å². The molecule has 0 bridgehead atoms. The van der Waals surface area contributed by atoms with Gasteiger partial charge in [-0.1, -0.05) is 30.3 Å². The molecule has 2 aromatic carbocycles. The number of amides is 1. The number of carbonyl (C=O) groups is 2. The lowest BCUT2D eigenvalue weighted by atomic mass is 9.88. The monoisotopic (exact) mass is 708 g/mol. The molecule has 1 heterocycles. The summed E-state index contributed by atoms with van der Waals surface area (Å²) in [6.45, 7) is 1.79. The van der Waals surface area contributed by atoms with E-state index in [0.29, 0.717) is 56.1 Å². The van der Waals surface area contributed by atoms with Gasteiger partial charge in [-0.25, -0.2) is 0 Å². The van der Waals surface area contributed by atoms with Gasteiger partial charge in [-0.2, -0.15) is 26.3 Å². The van der Waals surface area contributed by atoms with Crippen molar-refractivity contribution >= 4 is 46.0 Å². The largest absolute Gasteiger partial charge is 0.416 e. The molecular weight excluding hydrogens is 673 g/mol. The molecule has 0 saturated carbocycles. The third kappa shape index (κ3) is 14.1. The van der Waals surface area contributed by atoms with Gasteiger partial charge in [0.25, 0.3) is 0 Å². The van der Waals surface area contributed by atoms with E-state index in [9.17, 15) is 35.9 Å². The molecule has 0 radical (unpaired) electrons. The Morgan fingerprint density at radius 2 is 1.51 bits per heavy atom. The smallest absolute Gasteiger partial charge is 0.400 e. The quantitative estimate of drug-likeness (QED) is 0.120. The van der Waals surface area contributed by atoms with Crippen LogP contribution in [0.4, 0.5) is 26.3 Å². The second-order valence-electron chi connectivity index (χ2n) is 10.0. The Kier molecular flexibility index (Phi) is 17.8. The molecule has 1 aliphatic heterocycles. The highest BCUT2D eigenvalue weighted by Crippen LogP contribution is 2.39. The summed E-state index contributed by atoms with van der Waals surface area (Å²) in [7, 11) is 1.00. The Morgan fingerprint density at radius 1 is 0.978 bits per heavy atom. The van der Waals surface area contributed by atoms with E-state index >= 15 is 0 Å². The fourth-order valence-corrected chi connectivity index (χ4v) is 4.87. The van der Waals surface area contributed by atoms with Crippen LogP contribution in [0.25, 0.3) is 0 Å². The molecule has 0 spiro atoms. The highest BCUT2D eigenvalue weighted by molar-refractivity contribution is 6.63. The predicted molar refractivity (Wildman–Crippen MR) is 162 cm³/mol. The van der Waals surface area contributed by atoms with Crippen LogP contribution < -0.4 is 10.6 Å². The van der Waals surface area contributed by atoms with Gasteiger partial charge in [-0.15, -0.1) is 23.2 Å². The lowest BCUT2D eigenvalue weighted by Crippen LogP contribution is -2.41. The van der Waals surface area contributed by atoms with Crippen LogP contribution in [0.15, 0.2) is 48.5 Å². The van der Waals surface area contributed by atoms with Crippen LogP contribution in [0.3, 0.4) is 0 Å². The number of hydrogen-bond acceptors (Lipinski definition) is 5. The van der Waals surface area contributed by atoms with Crippen LogP contribution in [0.5, 0.6) is 0 Å². The predicted octanol–water partition coefficient (Wildman–Crippen LogP) is 7.57. The molecule has 1 aliphatic rings. The first-order valence-electron chi connectivity index (χ1n) is 13.9. The van der Waals surface area contributed by atoms with Gasteiger partial charge < -0.3 is 20.5 Å². The van der Waals surface area contributed by atoms with E-state index in [4.69, 9.17) is 44.6 Å². The van der Waals surface area contributed by atoms with Crippen LogP contribution in [0, 0.1) is 0 Å². The van der Waals surface area contributed by atoms with Gasteiger partial charge in [0.15, 0.2) is 0 Å². The molecular formula is C30H37Cl3F6N2O4. The maximum atomic E-state index is 13.3. The standard InChI is InChI=1S/C25H27ClF6N2O2.C4H6Cl2O.CH4O/c1-16(17-10-19(24(27,28)29)12-20(11-17)25(30,31)32)36-15-23(18-6-3-2-4-7-18)13-21(14-33-23)34-22(35)8-5-9-26;5-3-1-2-4(6)7;1-2/h2-4,6-7,10-12,16,21,33H,5,8-9,13-15H2,1H3,(H,34,35);1-3H2;2H,1H3/t16-,21+,23-;;/m1../s1. The molecule has 254 valence electrons. The summed E-state index contributed by atoms with van der Waals surface area (Å²) in [4.78, 5) is 22.1. The molecule has 0 aromatic heterocycles. The number of rotatable bonds is 12. The number of benzene rings is 2. The van der Waals surface area contributed by atoms with E-state index in [2.05, 4.69) is 10.6 Å². The highest BCUT2D eigenvalue weighted by Gasteiger charge is 2.42. The van der Waals surface area contributed by atoms with Crippen molar-refractivity contribution in [1.82, 2.24) is 10.6 Å². The molecule has 0 aliphatic carbocycles. The zero-order chi connectivity index (χ0) is 34.3. The third-order valence-electron chi connectivity index (χ3n) is 6.68. The van der Waals surface area contributed by atoms with E-state index in [1.54, 1.807) is 0 Å². The fourth-order valence-electron chi connectivity index (χ4n) is 4.47. The summed E-state index contributed by atoms with van der Waals surface area (Å²) in [6.07, 6.45) is -8.63. The van der Waals surface area contributed by atoms with E-state index in [1.807, 2.05) is 30.3 Å². The van der Waals surface area contributed by atoms with Crippen LogP contribution >= 0.6 is 34.8 Å². The third-order valence-corrected chi connectivity index (χ3v) is 7.40. The average molecular weight is 710 g/mol. The summed E-state index contributed by atoms with van der Waals surface area (Å²) >= 11 is 15.8. The number of ether oxygens (including phenoxy) is 1. The van der Waals surface area contributed by atoms with Gasteiger partial charge in [-0.05, 0) is 67.1 Å². The van der Waals surface area contributed by atoms with Gasteiger partial charge in [-0.3, -0.25) is 9.59 Å². The van der Waals surface area contributed by atoms with Crippen molar-refractivity contribution in [2.75, 3.05) is 32.0 Å². The second-order valence-corrected chi connectivity index (χ2v) is 11.2. The number of carbonyl (C=O) groups excluding carboxylic acids is 2. The first kappa shape index (κ1) is 40.9. The van der Waals surface area contributed by atoms with Gasteiger partial charge in [0, 0.05) is 44.3 Å². The number of aliphatic hydroxyl groups is 1. The number of hydrogen-bond donors (Lipinski definition) is 3. The molecule has 3 atom stereocenters. The SMILES string of the molecule is CO.C[C@@H](OC[C@@]1(c2ccccc2)C[C@H](NC(=O)CCCCl)CN1)c1cc(C(F)(F)F)cc(C(F)(F)F)c1.O=C(Cl)CCCCl. The van der Waals surface area contributed by atoms with E-state index in [-0.39, 0.29) is 41.8 Å². The maximum absolute atomic E-state index is 13.3. The van der Waals surface area contributed by atoms with Crippen molar-refractivity contribution < 1.29 is 45.8 Å². The topological polar surface area (TPSA) is 87.7 Å². The normalized spacial score (nSPS) is 18.6. The van der Waals surface area contributed by atoms with Crippen molar-refractivity contribution in [3.05, 3.63) is 70.8 Å². The van der Waals surface area contributed by atoms with Gasteiger partial charge >= 0.3 is 12.4 Å². The maximum Gasteiger partial charge on any atom is 0.416 e. The minimum Gasteiger partial charge on any atom is -0.400 e. The van der Waals surface area contributed by atoms with Crippen molar-refractivity contribution in [3.8, 4) is 0 Å². The summed E-state index contributed by atoms with van der Waals surface area (Å²) in [5.74, 6) is 0.726. The zero-order valence-electron chi connectivity index (χ0n) is 24.7. The minimum absolute atomic E-state index is 0.0379. The van der Waals surface area contributed by atoms with E-state index in [0.717, 1.165) is 12.7 Å². The Bertz CT molecular complexity index is 1160. The van der Waals surface area contributed by atoms with Crippen LogP contribution in [-0.2, 0) is 32.2 Å². The zero-order valence-corrected chi connectivity index (χ0v) is 27.0. The first-order chi connectivity index (χ1) is 21.1. The first-order valence-corrected chi connectivity index (χ1v) is 15.3. The number of alkyl halides is 8. The Hall–Kier alpha value is -2.09. The molecule has 2 aromatic rings. The molecule has 1 fully saturated rings. The van der Waals surface area contributed by atoms with Crippen molar-refractivity contribution in [1.29, 1.82) is 0 Å². The lowest BCUT2D eigenvalue weighted by Gasteiger charge is -2.32. The van der Waals surface area contributed by atoms with Crippen LogP contribution in [0.1, 0.15) is 67.4 Å². The molecule has 15 heteroatoms. The summed E-state index contributed by atoms with van der Waals surface area (Å²) in [6, 6.07) is 10.4. The lowest BCUT2D eigenvalue weighted by molar-refractivity contribution is -0.143. The Balaban J connectivity index is 0.000000991. The van der Waals surface area contributed by atoms with Crippen LogP contribution in [-0.4, -0.2) is 54.3 Å². The Labute approximate surface area is 273 Å². The molecule has 6 nitrogen and oxygen atoms in total. The molecule has 3 N–H and O–H groups in total. The second kappa shape index (κ2) is 19.5. The summed E-state index contributed by atoms with van der Waals surface area (Å²) < 4.78 is 85.6. The number of halogens is 9. The van der Waals surface area contributed by atoms with Gasteiger partial charge in [0.1, 0.15) is 0 Å². The highest BCUT2D eigenvalue weighted by atomic mass is 35.5. The molecule has 1 saturated heterocycles. The van der Waals surface area contributed by atoms with E-state index < -0.39 is 35.1 Å². The molecule has 45 heavy (non-hydrogen) atoms. The van der Waals surface area contributed by atoms with Gasteiger partial charge in [0.05, 0.1) is 29.4 Å². The summed E-state index contributed by atoms with van der Waals surface area (Å²) in [5.41, 5.74) is -2.98. The number of nitrogens with one attached hydrogen (secondary N) is 2. The molecule has 1 amide bonds. The fraction of sp³-hybridized carbons (Fsp3) is 0.533. The molecule has 0 unspecified atom stereocenters. The molecule has 3 rings (SSSR count).